The van der Waals surface area contributed by atoms with Gasteiger partial charge in [-0.1, -0.05) is 32.1 Å². The van der Waals surface area contributed by atoms with Crippen molar-refractivity contribution < 1.29 is 9.47 Å². The molecule has 3 heteroatoms. The normalized spacial score (nSPS) is 37.4. The molecule has 0 radical (unpaired) electrons. The molecule has 0 aromatic carbocycles. The summed E-state index contributed by atoms with van der Waals surface area (Å²) >= 11 is 0. The molecule has 116 valence electrons. The van der Waals surface area contributed by atoms with Crippen molar-refractivity contribution in [3.05, 3.63) is 0 Å². The smallest absolute Gasteiger partial charge is 0.0939 e. The molecule has 0 bridgehead atoms. The Balaban J connectivity index is 1.45. The first-order valence-corrected chi connectivity index (χ1v) is 8.75. The molecular formula is C17H31NO2. The quantitative estimate of drug-likeness (QED) is 0.860. The lowest BCUT2D eigenvalue weighted by molar-refractivity contribution is -0.102. The summed E-state index contributed by atoms with van der Waals surface area (Å²) in [4.78, 5) is 0. The highest BCUT2D eigenvalue weighted by Gasteiger charge is 2.42. The van der Waals surface area contributed by atoms with E-state index in [4.69, 9.17) is 15.2 Å². The van der Waals surface area contributed by atoms with Crippen LogP contribution in [-0.4, -0.2) is 31.5 Å². The topological polar surface area (TPSA) is 44.5 Å². The van der Waals surface area contributed by atoms with E-state index >= 15 is 0 Å². The third-order valence-corrected chi connectivity index (χ3v) is 5.84. The Morgan fingerprint density at radius 2 is 1.95 bits per heavy atom. The number of ether oxygens (including phenoxy) is 2. The van der Waals surface area contributed by atoms with Crippen molar-refractivity contribution in [3.8, 4) is 0 Å². The second-order valence-corrected chi connectivity index (χ2v) is 7.33. The zero-order chi connectivity index (χ0) is 13.8. The van der Waals surface area contributed by atoms with Crippen LogP contribution >= 0.6 is 0 Å². The summed E-state index contributed by atoms with van der Waals surface area (Å²) in [6, 6.07) is 0.373. The van der Waals surface area contributed by atoms with Crippen molar-refractivity contribution in [1.29, 1.82) is 0 Å². The fourth-order valence-corrected chi connectivity index (χ4v) is 4.43. The minimum Gasteiger partial charge on any atom is -0.378 e. The number of rotatable bonds is 4. The lowest BCUT2D eigenvalue weighted by atomic mass is 9.78. The van der Waals surface area contributed by atoms with E-state index in [0.717, 1.165) is 45.0 Å². The molecule has 2 saturated heterocycles. The van der Waals surface area contributed by atoms with Crippen molar-refractivity contribution >= 4 is 0 Å². The van der Waals surface area contributed by atoms with Crippen LogP contribution in [0.4, 0.5) is 0 Å². The number of hydrogen-bond acceptors (Lipinski definition) is 3. The van der Waals surface area contributed by atoms with Crippen LogP contribution in [0.3, 0.4) is 0 Å². The van der Waals surface area contributed by atoms with E-state index in [1.54, 1.807) is 0 Å². The minimum absolute atomic E-state index is 0.0192. The molecule has 3 unspecified atom stereocenters. The monoisotopic (exact) mass is 281 g/mol. The second-order valence-electron chi connectivity index (χ2n) is 7.33. The lowest BCUT2D eigenvalue weighted by Crippen LogP contribution is -2.45. The maximum absolute atomic E-state index is 6.52. The first-order valence-electron chi connectivity index (χ1n) is 8.75. The molecular weight excluding hydrogens is 250 g/mol. The molecule has 1 spiro atoms. The molecule has 20 heavy (non-hydrogen) atoms. The molecule has 2 aliphatic heterocycles. The lowest BCUT2D eigenvalue weighted by Gasteiger charge is -2.39. The minimum atomic E-state index is 0.0192. The van der Waals surface area contributed by atoms with E-state index in [2.05, 4.69) is 0 Å². The van der Waals surface area contributed by atoms with Gasteiger partial charge in [0.15, 0.2) is 0 Å². The average molecular weight is 281 g/mol. The van der Waals surface area contributed by atoms with Crippen LogP contribution in [0.15, 0.2) is 0 Å². The maximum Gasteiger partial charge on any atom is 0.0939 e. The Kier molecular flexibility index (Phi) is 5.00. The molecule has 3 nitrogen and oxygen atoms in total. The van der Waals surface area contributed by atoms with Gasteiger partial charge < -0.3 is 15.2 Å². The summed E-state index contributed by atoms with van der Waals surface area (Å²) in [6.07, 6.45) is 13.1. The Hall–Kier alpha value is -0.120. The Bertz CT molecular complexity index is 295. The summed E-state index contributed by atoms with van der Waals surface area (Å²) in [5.41, 5.74) is 6.54. The molecule has 0 aromatic heterocycles. The van der Waals surface area contributed by atoms with Gasteiger partial charge in [-0.05, 0) is 37.5 Å². The second kappa shape index (κ2) is 6.76. The highest BCUT2D eigenvalue weighted by Crippen LogP contribution is 2.38. The van der Waals surface area contributed by atoms with E-state index in [9.17, 15) is 0 Å². The van der Waals surface area contributed by atoms with Gasteiger partial charge in [0, 0.05) is 25.7 Å². The summed E-state index contributed by atoms with van der Waals surface area (Å²) in [7, 11) is 0. The molecule has 0 aromatic rings. The zero-order valence-corrected chi connectivity index (χ0v) is 12.8. The van der Waals surface area contributed by atoms with Gasteiger partial charge >= 0.3 is 0 Å². The van der Waals surface area contributed by atoms with E-state index < -0.39 is 0 Å². The summed E-state index contributed by atoms with van der Waals surface area (Å²) < 4.78 is 11.6. The predicted octanol–water partition coefficient (Wildman–Crippen LogP) is 3.26. The SMILES string of the molecule is NC(CCC1CCCCC1)C1CCOC2(CCOC2)C1. The summed E-state index contributed by atoms with van der Waals surface area (Å²) in [5.74, 6) is 1.60. The summed E-state index contributed by atoms with van der Waals surface area (Å²) in [5, 5.41) is 0. The van der Waals surface area contributed by atoms with Crippen molar-refractivity contribution in [1.82, 2.24) is 0 Å². The van der Waals surface area contributed by atoms with Gasteiger partial charge in [0.2, 0.25) is 0 Å². The molecule has 3 atom stereocenters. The first-order chi connectivity index (χ1) is 9.77. The van der Waals surface area contributed by atoms with Crippen molar-refractivity contribution in [2.24, 2.45) is 17.6 Å². The molecule has 3 aliphatic rings. The Morgan fingerprint density at radius 1 is 1.10 bits per heavy atom. The molecule has 1 saturated carbocycles. The molecule has 3 rings (SSSR count). The molecule has 1 aliphatic carbocycles. The fourth-order valence-electron chi connectivity index (χ4n) is 4.43. The van der Waals surface area contributed by atoms with Gasteiger partial charge in [-0.3, -0.25) is 0 Å². The molecule has 3 fully saturated rings. The summed E-state index contributed by atoms with van der Waals surface area (Å²) in [6.45, 7) is 2.54. The first kappa shape index (κ1) is 14.8. The van der Waals surface area contributed by atoms with Crippen LogP contribution in [0.5, 0.6) is 0 Å². The van der Waals surface area contributed by atoms with E-state index in [1.165, 1.54) is 44.9 Å². The molecule has 0 amide bonds. The largest absolute Gasteiger partial charge is 0.378 e. The molecule has 2 N–H and O–H groups in total. The van der Waals surface area contributed by atoms with Crippen LogP contribution in [-0.2, 0) is 9.47 Å². The van der Waals surface area contributed by atoms with Crippen molar-refractivity contribution in [3.63, 3.8) is 0 Å². The van der Waals surface area contributed by atoms with Gasteiger partial charge in [-0.2, -0.15) is 0 Å². The number of nitrogens with two attached hydrogens (primary N) is 1. The fraction of sp³-hybridized carbons (Fsp3) is 1.00. The number of hydrogen-bond donors (Lipinski definition) is 1. The van der Waals surface area contributed by atoms with Crippen LogP contribution in [0, 0.1) is 11.8 Å². The molecule has 2 heterocycles. The van der Waals surface area contributed by atoms with Gasteiger partial charge in [-0.15, -0.1) is 0 Å². The van der Waals surface area contributed by atoms with Gasteiger partial charge in [0.1, 0.15) is 0 Å². The Morgan fingerprint density at radius 3 is 2.70 bits per heavy atom. The van der Waals surface area contributed by atoms with Crippen LogP contribution in [0.25, 0.3) is 0 Å². The van der Waals surface area contributed by atoms with Crippen LogP contribution < -0.4 is 5.73 Å². The van der Waals surface area contributed by atoms with Crippen molar-refractivity contribution in [2.75, 3.05) is 19.8 Å². The highest BCUT2D eigenvalue weighted by atomic mass is 16.6. The maximum atomic E-state index is 6.52. The highest BCUT2D eigenvalue weighted by molar-refractivity contribution is 4.93. The van der Waals surface area contributed by atoms with E-state index in [1.807, 2.05) is 0 Å². The average Bonchev–Trinajstić information content (AvgIpc) is 2.93. The standard InChI is InChI=1S/C17H31NO2/c18-16(7-6-14-4-2-1-3-5-14)15-8-10-20-17(12-15)9-11-19-13-17/h14-16H,1-13,18H2. The Labute approximate surface area is 123 Å². The van der Waals surface area contributed by atoms with Crippen LogP contribution in [0.1, 0.15) is 64.2 Å². The van der Waals surface area contributed by atoms with Gasteiger partial charge in [-0.25, -0.2) is 0 Å². The van der Waals surface area contributed by atoms with E-state index in [0.29, 0.717) is 12.0 Å². The van der Waals surface area contributed by atoms with E-state index in [-0.39, 0.29) is 5.60 Å². The third-order valence-electron chi connectivity index (χ3n) is 5.84. The van der Waals surface area contributed by atoms with Crippen molar-refractivity contribution in [2.45, 2.75) is 75.9 Å². The predicted molar refractivity (Wildman–Crippen MR) is 80.6 cm³/mol. The zero-order valence-electron chi connectivity index (χ0n) is 12.8. The third kappa shape index (κ3) is 3.55. The van der Waals surface area contributed by atoms with Gasteiger partial charge in [0.25, 0.3) is 0 Å². The van der Waals surface area contributed by atoms with Gasteiger partial charge in [0.05, 0.1) is 12.2 Å². The van der Waals surface area contributed by atoms with Crippen LogP contribution in [0.2, 0.25) is 0 Å².